The third kappa shape index (κ3) is 3.07. The molecule has 6 heteroatoms. The predicted octanol–water partition coefficient (Wildman–Crippen LogP) is 1.31. The van der Waals surface area contributed by atoms with Crippen molar-refractivity contribution in [2.75, 3.05) is 24.7 Å². The Bertz CT molecular complexity index is 475. The summed E-state index contributed by atoms with van der Waals surface area (Å²) in [4.78, 5) is 22.4. The van der Waals surface area contributed by atoms with Crippen LogP contribution in [0.15, 0.2) is 6.20 Å². The van der Waals surface area contributed by atoms with Gasteiger partial charge in [-0.1, -0.05) is 0 Å². The molecule has 1 fully saturated rings. The van der Waals surface area contributed by atoms with Crippen molar-refractivity contribution < 1.29 is 14.6 Å². The molecule has 1 saturated carbocycles. The minimum absolute atomic E-state index is 0.0680. The van der Waals surface area contributed by atoms with Gasteiger partial charge >= 0.3 is 5.97 Å². The van der Waals surface area contributed by atoms with Crippen LogP contribution >= 0.6 is 0 Å². The first-order chi connectivity index (χ1) is 9.67. The predicted molar refractivity (Wildman–Crippen MR) is 74.8 cm³/mol. The first-order valence-electron chi connectivity index (χ1n) is 7.05. The number of aliphatic hydroxyl groups is 1. The summed E-state index contributed by atoms with van der Waals surface area (Å²) in [6, 6.07) is 0.398. The summed E-state index contributed by atoms with van der Waals surface area (Å²) < 4.78 is 4.96. The van der Waals surface area contributed by atoms with Crippen LogP contribution in [0.1, 0.15) is 42.2 Å². The van der Waals surface area contributed by atoms with Crippen LogP contribution in [0.3, 0.4) is 0 Å². The van der Waals surface area contributed by atoms with Crippen LogP contribution < -0.4 is 4.90 Å². The molecule has 0 spiro atoms. The number of aromatic nitrogens is 2. The van der Waals surface area contributed by atoms with Crippen LogP contribution in [-0.2, 0) is 4.74 Å². The van der Waals surface area contributed by atoms with Crippen LogP contribution in [-0.4, -0.2) is 46.8 Å². The Morgan fingerprint density at radius 1 is 1.55 bits per heavy atom. The molecule has 1 N–H and O–H groups in total. The van der Waals surface area contributed by atoms with Crippen LogP contribution in [0.25, 0.3) is 0 Å². The van der Waals surface area contributed by atoms with Crippen molar-refractivity contribution in [1.29, 1.82) is 0 Å². The van der Waals surface area contributed by atoms with Gasteiger partial charge in [-0.3, -0.25) is 0 Å². The highest BCUT2D eigenvalue weighted by molar-refractivity contribution is 5.90. The molecular formula is C14H21N3O3. The fraction of sp³-hybridized carbons (Fsp3) is 0.643. The van der Waals surface area contributed by atoms with E-state index < -0.39 is 5.97 Å². The summed E-state index contributed by atoms with van der Waals surface area (Å²) in [5, 5.41) is 9.18. The molecule has 0 atom stereocenters. The van der Waals surface area contributed by atoms with E-state index in [1.54, 1.807) is 13.8 Å². The molecule has 1 aromatic heterocycles. The molecule has 0 bridgehead atoms. The second-order valence-electron chi connectivity index (χ2n) is 4.89. The third-order valence-corrected chi connectivity index (χ3v) is 3.58. The number of carbonyl (C=O) groups is 1. The zero-order chi connectivity index (χ0) is 14.5. The zero-order valence-corrected chi connectivity index (χ0v) is 12.0. The van der Waals surface area contributed by atoms with Crippen molar-refractivity contribution in [3.8, 4) is 0 Å². The van der Waals surface area contributed by atoms with E-state index in [1.165, 1.54) is 12.6 Å². The minimum Gasteiger partial charge on any atom is -0.462 e. The largest absolute Gasteiger partial charge is 0.462 e. The Morgan fingerprint density at radius 3 is 2.80 bits per heavy atom. The SMILES string of the molecule is CCOC(=O)c1cnc(N(CCO)C2CCC2)nc1C. The third-order valence-electron chi connectivity index (χ3n) is 3.58. The zero-order valence-electron chi connectivity index (χ0n) is 12.0. The standard InChI is InChI=1S/C14H21N3O3/c1-3-20-13(19)12-9-15-14(16-10(12)2)17(7-8-18)11-5-4-6-11/h9,11,18H,3-8H2,1-2H3. The maximum Gasteiger partial charge on any atom is 0.341 e. The van der Waals surface area contributed by atoms with E-state index in [9.17, 15) is 9.90 Å². The van der Waals surface area contributed by atoms with Crippen LogP contribution in [0, 0.1) is 6.92 Å². The number of carbonyl (C=O) groups excluding carboxylic acids is 1. The number of aryl methyl sites for hydroxylation is 1. The molecule has 1 aliphatic carbocycles. The van der Waals surface area contributed by atoms with E-state index in [1.807, 2.05) is 4.90 Å². The van der Waals surface area contributed by atoms with Gasteiger partial charge in [-0.15, -0.1) is 0 Å². The number of nitrogens with zero attached hydrogens (tertiary/aromatic N) is 3. The molecule has 2 rings (SSSR count). The normalized spacial score (nSPS) is 14.8. The van der Waals surface area contributed by atoms with Crippen molar-refractivity contribution in [2.45, 2.75) is 39.2 Å². The van der Waals surface area contributed by atoms with E-state index in [-0.39, 0.29) is 6.61 Å². The molecule has 0 amide bonds. The second-order valence-corrected chi connectivity index (χ2v) is 4.89. The number of hydrogen-bond acceptors (Lipinski definition) is 6. The molecule has 20 heavy (non-hydrogen) atoms. The van der Waals surface area contributed by atoms with Gasteiger partial charge in [-0.05, 0) is 33.1 Å². The molecule has 110 valence electrons. The average molecular weight is 279 g/mol. The summed E-state index contributed by atoms with van der Waals surface area (Å²) >= 11 is 0. The number of hydrogen-bond donors (Lipinski definition) is 1. The molecule has 0 aliphatic heterocycles. The van der Waals surface area contributed by atoms with Crippen molar-refractivity contribution in [3.63, 3.8) is 0 Å². The van der Waals surface area contributed by atoms with Crippen LogP contribution in [0.4, 0.5) is 5.95 Å². The number of esters is 1. The molecular weight excluding hydrogens is 258 g/mol. The Morgan fingerprint density at radius 2 is 2.30 bits per heavy atom. The van der Waals surface area contributed by atoms with Gasteiger partial charge in [0.15, 0.2) is 0 Å². The topological polar surface area (TPSA) is 75.5 Å². The summed E-state index contributed by atoms with van der Waals surface area (Å²) in [7, 11) is 0. The summed E-state index contributed by atoms with van der Waals surface area (Å²) in [5.74, 6) is 0.184. The fourth-order valence-electron chi connectivity index (χ4n) is 2.25. The quantitative estimate of drug-likeness (QED) is 0.791. The summed E-state index contributed by atoms with van der Waals surface area (Å²) in [6.45, 7) is 4.46. The highest BCUT2D eigenvalue weighted by Crippen LogP contribution is 2.27. The molecule has 0 aromatic carbocycles. The lowest BCUT2D eigenvalue weighted by molar-refractivity contribution is 0.0524. The number of anilines is 1. The van der Waals surface area contributed by atoms with Gasteiger partial charge in [0.1, 0.15) is 0 Å². The van der Waals surface area contributed by atoms with Gasteiger partial charge < -0.3 is 14.7 Å². The van der Waals surface area contributed by atoms with Crippen molar-refractivity contribution in [2.24, 2.45) is 0 Å². The fourth-order valence-corrected chi connectivity index (χ4v) is 2.25. The molecule has 0 saturated heterocycles. The Kier molecular flexibility index (Phi) is 4.89. The van der Waals surface area contributed by atoms with Crippen molar-refractivity contribution >= 4 is 11.9 Å². The van der Waals surface area contributed by atoms with Crippen molar-refractivity contribution in [3.05, 3.63) is 17.5 Å². The lowest BCUT2D eigenvalue weighted by atomic mass is 9.92. The average Bonchev–Trinajstić information content (AvgIpc) is 2.36. The molecule has 1 aliphatic rings. The van der Waals surface area contributed by atoms with Gasteiger partial charge in [0.25, 0.3) is 0 Å². The van der Waals surface area contributed by atoms with Gasteiger partial charge in [-0.25, -0.2) is 14.8 Å². The van der Waals surface area contributed by atoms with E-state index in [4.69, 9.17) is 4.74 Å². The van der Waals surface area contributed by atoms with Crippen LogP contribution in [0.2, 0.25) is 0 Å². The van der Waals surface area contributed by atoms with E-state index in [0.29, 0.717) is 36.4 Å². The Balaban J connectivity index is 2.19. The lowest BCUT2D eigenvalue weighted by Gasteiger charge is -2.37. The van der Waals surface area contributed by atoms with E-state index in [2.05, 4.69) is 9.97 Å². The first-order valence-corrected chi connectivity index (χ1v) is 7.05. The number of ether oxygens (including phenoxy) is 1. The van der Waals surface area contributed by atoms with Gasteiger partial charge in [0.05, 0.1) is 24.5 Å². The summed E-state index contributed by atoms with van der Waals surface area (Å²) in [6.07, 6.45) is 4.91. The number of rotatable bonds is 6. The molecule has 6 nitrogen and oxygen atoms in total. The maximum atomic E-state index is 11.7. The highest BCUT2D eigenvalue weighted by atomic mass is 16.5. The molecule has 1 aromatic rings. The van der Waals surface area contributed by atoms with E-state index in [0.717, 1.165) is 12.8 Å². The minimum atomic E-state index is -0.395. The molecule has 0 unspecified atom stereocenters. The second kappa shape index (κ2) is 6.65. The highest BCUT2D eigenvalue weighted by Gasteiger charge is 2.27. The van der Waals surface area contributed by atoms with Crippen LogP contribution in [0.5, 0.6) is 0 Å². The van der Waals surface area contributed by atoms with Gasteiger partial charge in [0, 0.05) is 18.8 Å². The monoisotopic (exact) mass is 279 g/mol. The van der Waals surface area contributed by atoms with Crippen molar-refractivity contribution in [1.82, 2.24) is 9.97 Å². The smallest absolute Gasteiger partial charge is 0.341 e. The Labute approximate surface area is 118 Å². The van der Waals surface area contributed by atoms with E-state index >= 15 is 0 Å². The van der Waals surface area contributed by atoms with Gasteiger partial charge in [0.2, 0.25) is 5.95 Å². The lowest BCUT2D eigenvalue weighted by Crippen LogP contribution is -2.43. The molecule has 0 radical (unpaired) electrons. The first kappa shape index (κ1) is 14.7. The number of aliphatic hydroxyl groups excluding tert-OH is 1. The maximum absolute atomic E-state index is 11.7. The van der Waals surface area contributed by atoms with Gasteiger partial charge in [-0.2, -0.15) is 0 Å². The summed E-state index contributed by atoms with van der Waals surface area (Å²) in [5.41, 5.74) is 1.00. The Hall–Kier alpha value is -1.69. The molecule has 1 heterocycles.